The summed E-state index contributed by atoms with van der Waals surface area (Å²) >= 11 is 0. The van der Waals surface area contributed by atoms with Gasteiger partial charge >= 0.3 is 0 Å². The summed E-state index contributed by atoms with van der Waals surface area (Å²) in [4.78, 5) is 49.6. The minimum Gasteiger partial charge on any atom is -0.495 e. The number of carbonyl (C=O) groups is 4. The number of hydrogen-bond acceptors (Lipinski definition) is 5. The lowest BCUT2D eigenvalue weighted by molar-refractivity contribution is -0.148. The maximum Gasteiger partial charge on any atom is 0.252 e. The summed E-state index contributed by atoms with van der Waals surface area (Å²) in [6, 6.07) is 5.27. The van der Waals surface area contributed by atoms with Crippen LogP contribution in [0.4, 0.5) is 5.69 Å². The number of nitrogens with zero attached hydrogens (tertiary/aromatic N) is 1. The molecule has 132 valence electrons. The molecule has 25 heavy (non-hydrogen) atoms. The lowest BCUT2D eigenvalue weighted by atomic mass is 10.1. The first-order valence-corrected chi connectivity index (χ1v) is 8.10. The molecule has 2 fully saturated rings. The molecule has 2 heterocycles. The first kappa shape index (κ1) is 16.9. The van der Waals surface area contributed by atoms with Crippen LogP contribution in [0.2, 0.25) is 0 Å². The second-order valence-electron chi connectivity index (χ2n) is 6.00. The molecule has 0 saturated carbocycles. The third-order valence-corrected chi connectivity index (χ3v) is 4.41. The zero-order valence-electron chi connectivity index (χ0n) is 13.8. The predicted octanol–water partition coefficient (Wildman–Crippen LogP) is 0.430. The van der Waals surface area contributed by atoms with Gasteiger partial charge in [0.15, 0.2) is 0 Å². The van der Waals surface area contributed by atoms with Gasteiger partial charge < -0.3 is 15.4 Å². The minimum atomic E-state index is -0.887. The zero-order valence-corrected chi connectivity index (χ0v) is 13.8. The molecule has 2 atom stereocenters. The Morgan fingerprint density at radius 1 is 1.20 bits per heavy atom. The van der Waals surface area contributed by atoms with Crippen LogP contribution in [0, 0.1) is 0 Å². The van der Waals surface area contributed by atoms with Crippen molar-refractivity contribution in [2.45, 2.75) is 37.8 Å². The van der Waals surface area contributed by atoms with E-state index in [1.165, 1.54) is 7.11 Å². The smallest absolute Gasteiger partial charge is 0.252 e. The minimum absolute atomic E-state index is 0.121. The Labute approximate surface area is 144 Å². The third-order valence-electron chi connectivity index (χ3n) is 4.41. The molecule has 2 unspecified atom stereocenters. The van der Waals surface area contributed by atoms with Crippen LogP contribution in [0.25, 0.3) is 0 Å². The Bertz CT molecular complexity index is 733. The highest BCUT2D eigenvalue weighted by Crippen LogP contribution is 2.27. The van der Waals surface area contributed by atoms with Crippen molar-refractivity contribution in [3.05, 3.63) is 24.3 Å². The molecule has 4 amide bonds. The molecule has 0 spiro atoms. The molecule has 1 aromatic carbocycles. The summed E-state index contributed by atoms with van der Waals surface area (Å²) < 4.78 is 5.19. The summed E-state index contributed by atoms with van der Waals surface area (Å²) in [5.74, 6) is -1.10. The fraction of sp³-hybridized carbons (Fsp3) is 0.412. The molecule has 8 heteroatoms. The normalized spacial score (nSPS) is 22.7. The van der Waals surface area contributed by atoms with Crippen molar-refractivity contribution in [3.8, 4) is 5.75 Å². The summed E-state index contributed by atoms with van der Waals surface area (Å²) in [7, 11) is 1.49. The number of likely N-dealkylation sites (tertiary alicyclic amines) is 1. The van der Waals surface area contributed by atoms with Crippen molar-refractivity contribution in [3.63, 3.8) is 0 Å². The van der Waals surface area contributed by atoms with Crippen molar-refractivity contribution in [2.75, 3.05) is 12.4 Å². The van der Waals surface area contributed by atoms with Gasteiger partial charge in [-0.05, 0) is 25.0 Å². The van der Waals surface area contributed by atoms with Crippen LogP contribution in [0.1, 0.15) is 25.7 Å². The SMILES string of the molecule is COc1ccccc1NC(=O)C1CCC(=O)N1C(=O)C1CCC(=O)N1. The van der Waals surface area contributed by atoms with Crippen LogP contribution in [0.5, 0.6) is 5.75 Å². The van der Waals surface area contributed by atoms with Crippen molar-refractivity contribution in [1.29, 1.82) is 0 Å². The number of carbonyl (C=O) groups excluding carboxylic acids is 4. The van der Waals surface area contributed by atoms with Crippen LogP contribution in [-0.2, 0) is 19.2 Å². The Hall–Kier alpha value is -2.90. The number of methoxy groups -OCH3 is 1. The van der Waals surface area contributed by atoms with Crippen molar-refractivity contribution in [1.82, 2.24) is 10.2 Å². The molecule has 0 aliphatic carbocycles. The quantitative estimate of drug-likeness (QED) is 0.770. The van der Waals surface area contributed by atoms with Crippen LogP contribution in [0.15, 0.2) is 24.3 Å². The van der Waals surface area contributed by atoms with E-state index in [1.807, 2.05) is 0 Å². The highest BCUT2D eigenvalue weighted by atomic mass is 16.5. The monoisotopic (exact) mass is 345 g/mol. The van der Waals surface area contributed by atoms with Crippen LogP contribution < -0.4 is 15.4 Å². The molecular formula is C17H19N3O5. The number of para-hydroxylation sites is 2. The average molecular weight is 345 g/mol. The number of nitrogens with one attached hydrogen (secondary N) is 2. The van der Waals surface area contributed by atoms with Gasteiger partial charge in [0.05, 0.1) is 12.8 Å². The third kappa shape index (κ3) is 3.33. The molecule has 2 N–H and O–H groups in total. The van der Waals surface area contributed by atoms with Gasteiger partial charge in [-0.25, -0.2) is 0 Å². The molecular weight excluding hydrogens is 326 g/mol. The predicted molar refractivity (Wildman–Crippen MR) is 87.7 cm³/mol. The topological polar surface area (TPSA) is 105 Å². The van der Waals surface area contributed by atoms with E-state index < -0.39 is 29.8 Å². The van der Waals surface area contributed by atoms with Gasteiger partial charge in [0.25, 0.3) is 5.91 Å². The van der Waals surface area contributed by atoms with Gasteiger partial charge in [-0.3, -0.25) is 24.1 Å². The maximum atomic E-state index is 12.6. The molecule has 3 rings (SSSR count). The fourth-order valence-corrected chi connectivity index (χ4v) is 3.14. The van der Waals surface area contributed by atoms with E-state index in [-0.39, 0.29) is 25.2 Å². The lowest BCUT2D eigenvalue weighted by Crippen LogP contribution is -2.51. The molecule has 0 bridgehead atoms. The Kier molecular flexibility index (Phi) is 4.69. The molecule has 1 aromatic rings. The number of hydrogen-bond donors (Lipinski definition) is 2. The van der Waals surface area contributed by atoms with E-state index in [0.29, 0.717) is 17.9 Å². The van der Waals surface area contributed by atoms with Gasteiger partial charge in [-0.2, -0.15) is 0 Å². The van der Waals surface area contributed by atoms with E-state index >= 15 is 0 Å². The summed E-state index contributed by atoms with van der Waals surface area (Å²) in [5, 5.41) is 5.26. The highest BCUT2D eigenvalue weighted by molar-refractivity contribution is 6.08. The zero-order chi connectivity index (χ0) is 18.0. The van der Waals surface area contributed by atoms with Gasteiger partial charge in [0.2, 0.25) is 17.7 Å². The van der Waals surface area contributed by atoms with Crippen LogP contribution >= 0.6 is 0 Å². The van der Waals surface area contributed by atoms with E-state index in [2.05, 4.69) is 10.6 Å². The van der Waals surface area contributed by atoms with Gasteiger partial charge in [0, 0.05) is 12.8 Å². The largest absolute Gasteiger partial charge is 0.495 e. The van der Waals surface area contributed by atoms with Gasteiger partial charge in [-0.15, -0.1) is 0 Å². The average Bonchev–Trinajstić information content (AvgIpc) is 3.20. The number of imide groups is 1. The standard InChI is InChI=1S/C17H19N3O5/c1-25-13-5-3-2-4-10(13)19-16(23)12-7-9-15(22)20(12)17(24)11-6-8-14(21)18-11/h2-5,11-12H,6-9H2,1H3,(H,18,21)(H,19,23). The van der Waals surface area contributed by atoms with Crippen molar-refractivity contribution < 1.29 is 23.9 Å². The Morgan fingerprint density at radius 2 is 1.96 bits per heavy atom. The molecule has 0 radical (unpaired) electrons. The summed E-state index contributed by atoms with van der Waals surface area (Å²) in [6.45, 7) is 0. The second-order valence-corrected chi connectivity index (χ2v) is 6.00. The molecule has 0 aromatic heterocycles. The first-order valence-electron chi connectivity index (χ1n) is 8.10. The van der Waals surface area contributed by atoms with E-state index in [4.69, 9.17) is 4.74 Å². The Morgan fingerprint density at radius 3 is 2.64 bits per heavy atom. The number of anilines is 1. The number of benzene rings is 1. The van der Waals surface area contributed by atoms with E-state index in [1.54, 1.807) is 24.3 Å². The molecule has 2 aliphatic heterocycles. The van der Waals surface area contributed by atoms with Gasteiger partial charge in [-0.1, -0.05) is 12.1 Å². The summed E-state index contributed by atoms with van der Waals surface area (Å²) in [6.07, 6.45) is 0.960. The highest BCUT2D eigenvalue weighted by Gasteiger charge is 2.44. The lowest BCUT2D eigenvalue weighted by Gasteiger charge is -2.25. The second kappa shape index (κ2) is 6.92. The van der Waals surface area contributed by atoms with Crippen LogP contribution in [-0.4, -0.2) is 47.7 Å². The van der Waals surface area contributed by atoms with E-state index in [0.717, 1.165) is 4.90 Å². The Balaban J connectivity index is 1.75. The fourth-order valence-electron chi connectivity index (χ4n) is 3.14. The number of amides is 4. The first-order chi connectivity index (χ1) is 12.0. The van der Waals surface area contributed by atoms with Gasteiger partial charge in [0.1, 0.15) is 17.8 Å². The molecule has 2 saturated heterocycles. The maximum absolute atomic E-state index is 12.6. The number of rotatable bonds is 4. The van der Waals surface area contributed by atoms with Crippen molar-refractivity contribution in [2.24, 2.45) is 0 Å². The van der Waals surface area contributed by atoms with Crippen LogP contribution in [0.3, 0.4) is 0 Å². The van der Waals surface area contributed by atoms with Crippen molar-refractivity contribution >= 4 is 29.3 Å². The molecule has 8 nitrogen and oxygen atoms in total. The summed E-state index contributed by atoms with van der Waals surface area (Å²) in [5.41, 5.74) is 0.468. The molecule has 2 aliphatic rings. The van der Waals surface area contributed by atoms with E-state index in [9.17, 15) is 19.2 Å². The number of ether oxygens (including phenoxy) is 1.